The molecule has 2 heterocycles. The highest BCUT2D eigenvalue weighted by atomic mass is 15.3. The van der Waals surface area contributed by atoms with Crippen LogP contribution in [0.15, 0.2) is 18.5 Å². The Labute approximate surface area is 117 Å². The van der Waals surface area contributed by atoms with Crippen LogP contribution in [0.5, 0.6) is 0 Å². The molecule has 1 aliphatic heterocycles. The van der Waals surface area contributed by atoms with Gasteiger partial charge in [0.25, 0.3) is 0 Å². The topological polar surface area (TPSA) is 33.1 Å². The molecule has 1 saturated heterocycles. The maximum Gasteiger partial charge on any atom is 0.0536 e. The minimum absolute atomic E-state index is 0.651. The number of piperazine rings is 1. The molecule has 0 spiro atoms. The molecule has 1 aliphatic rings. The first-order valence-corrected chi connectivity index (χ1v) is 7.69. The monoisotopic (exact) mass is 264 g/mol. The van der Waals surface area contributed by atoms with E-state index < -0.39 is 0 Å². The summed E-state index contributed by atoms with van der Waals surface area (Å²) in [5.41, 5.74) is 0. The number of aromatic nitrogens is 2. The van der Waals surface area contributed by atoms with Gasteiger partial charge in [0.15, 0.2) is 0 Å². The summed E-state index contributed by atoms with van der Waals surface area (Å²) in [4.78, 5) is 2.67. The first-order chi connectivity index (χ1) is 9.24. The molecular formula is C15H28N4. The Kier molecular flexibility index (Phi) is 5.40. The summed E-state index contributed by atoms with van der Waals surface area (Å²) in [6.45, 7) is 11.3. The average Bonchev–Trinajstić information content (AvgIpc) is 2.97. The van der Waals surface area contributed by atoms with Crippen LogP contribution in [0.25, 0.3) is 0 Å². The normalized spacial score (nSPS) is 26.5. The highest BCUT2D eigenvalue weighted by Gasteiger charge is 2.29. The van der Waals surface area contributed by atoms with Gasteiger partial charge in [-0.2, -0.15) is 5.10 Å². The zero-order chi connectivity index (χ0) is 13.7. The Balaban J connectivity index is 1.94. The van der Waals surface area contributed by atoms with E-state index in [0.717, 1.165) is 25.6 Å². The molecule has 0 amide bonds. The van der Waals surface area contributed by atoms with Gasteiger partial charge < -0.3 is 5.32 Å². The Morgan fingerprint density at radius 2 is 2.21 bits per heavy atom. The van der Waals surface area contributed by atoms with E-state index in [9.17, 15) is 0 Å². The highest BCUT2D eigenvalue weighted by Crippen LogP contribution is 2.18. The Morgan fingerprint density at radius 3 is 2.84 bits per heavy atom. The second-order valence-corrected chi connectivity index (χ2v) is 5.73. The lowest BCUT2D eigenvalue weighted by Gasteiger charge is -2.43. The van der Waals surface area contributed by atoms with Crippen molar-refractivity contribution in [3.05, 3.63) is 18.5 Å². The third kappa shape index (κ3) is 3.80. The third-order valence-electron chi connectivity index (χ3n) is 4.51. The molecule has 4 heteroatoms. The van der Waals surface area contributed by atoms with Gasteiger partial charge in [-0.15, -0.1) is 0 Å². The summed E-state index contributed by atoms with van der Waals surface area (Å²) in [6, 6.07) is 3.32. The van der Waals surface area contributed by atoms with Crippen molar-refractivity contribution in [1.82, 2.24) is 20.0 Å². The van der Waals surface area contributed by atoms with Crippen LogP contribution in [-0.2, 0) is 6.54 Å². The molecule has 0 bridgehead atoms. The maximum absolute atomic E-state index is 4.30. The van der Waals surface area contributed by atoms with Crippen molar-refractivity contribution >= 4 is 0 Å². The van der Waals surface area contributed by atoms with Crippen LogP contribution in [0.4, 0.5) is 0 Å². The molecular weight excluding hydrogens is 236 g/mol. The number of rotatable bonds is 6. The van der Waals surface area contributed by atoms with E-state index in [1.165, 1.54) is 19.4 Å². The Hall–Kier alpha value is -0.870. The van der Waals surface area contributed by atoms with Crippen LogP contribution in [0.3, 0.4) is 0 Å². The van der Waals surface area contributed by atoms with Gasteiger partial charge in [0.05, 0.1) is 6.54 Å². The third-order valence-corrected chi connectivity index (χ3v) is 4.51. The Bertz CT molecular complexity index is 349. The van der Waals surface area contributed by atoms with Crippen molar-refractivity contribution in [2.75, 3.05) is 19.6 Å². The second kappa shape index (κ2) is 7.06. The molecule has 1 aromatic rings. The minimum Gasteiger partial charge on any atom is -0.311 e. The molecule has 0 saturated carbocycles. The van der Waals surface area contributed by atoms with Crippen LogP contribution in [0.2, 0.25) is 0 Å². The highest BCUT2D eigenvalue weighted by molar-refractivity contribution is 4.88. The number of nitrogens with zero attached hydrogens (tertiary/aromatic N) is 3. The van der Waals surface area contributed by atoms with E-state index in [1.807, 2.05) is 16.9 Å². The molecule has 19 heavy (non-hydrogen) atoms. The van der Waals surface area contributed by atoms with Gasteiger partial charge in [-0.3, -0.25) is 9.58 Å². The molecule has 3 unspecified atom stereocenters. The predicted octanol–water partition coefficient (Wildman–Crippen LogP) is 1.98. The fourth-order valence-corrected chi connectivity index (χ4v) is 2.93. The number of nitrogens with one attached hydrogen (secondary N) is 1. The second-order valence-electron chi connectivity index (χ2n) is 5.73. The van der Waals surface area contributed by atoms with Crippen molar-refractivity contribution in [3.63, 3.8) is 0 Å². The molecule has 108 valence electrons. The predicted molar refractivity (Wildman–Crippen MR) is 79.1 cm³/mol. The van der Waals surface area contributed by atoms with Gasteiger partial charge in [-0.05, 0) is 18.4 Å². The van der Waals surface area contributed by atoms with Gasteiger partial charge >= 0.3 is 0 Å². The van der Waals surface area contributed by atoms with Gasteiger partial charge in [-0.1, -0.05) is 27.2 Å². The summed E-state index contributed by atoms with van der Waals surface area (Å²) >= 11 is 0. The molecule has 0 aromatic carbocycles. The maximum atomic E-state index is 4.30. The lowest BCUT2D eigenvalue weighted by molar-refractivity contribution is 0.0857. The molecule has 0 aliphatic carbocycles. The molecule has 1 fully saturated rings. The van der Waals surface area contributed by atoms with Gasteiger partial charge in [0.1, 0.15) is 0 Å². The van der Waals surface area contributed by atoms with Crippen LogP contribution in [-0.4, -0.2) is 46.4 Å². The van der Waals surface area contributed by atoms with Crippen molar-refractivity contribution < 1.29 is 0 Å². The molecule has 0 radical (unpaired) electrons. The zero-order valence-corrected chi connectivity index (χ0v) is 12.5. The summed E-state index contributed by atoms with van der Waals surface area (Å²) < 4.78 is 2.04. The first kappa shape index (κ1) is 14.5. The molecule has 3 atom stereocenters. The quantitative estimate of drug-likeness (QED) is 0.853. The first-order valence-electron chi connectivity index (χ1n) is 7.69. The fourth-order valence-electron chi connectivity index (χ4n) is 2.93. The minimum atomic E-state index is 0.651. The molecule has 1 aromatic heterocycles. The zero-order valence-electron chi connectivity index (χ0n) is 12.5. The summed E-state index contributed by atoms with van der Waals surface area (Å²) in [5, 5.41) is 8.00. The molecule has 1 N–H and O–H groups in total. The van der Waals surface area contributed by atoms with E-state index in [2.05, 4.69) is 42.3 Å². The molecule has 4 nitrogen and oxygen atoms in total. The molecule has 2 rings (SSSR count). The van der Waals surface area contributed by atoms with Crippen molar-refractivity contribution in [2.24, 2.45) is 5.92 Å². The SMILES string of the molecule is CCC1CN(CCn2cccn2)C(C(C)CC)CN1. The van der Waals surface area contributed by atoms with E-state index in [1.54, 1.807) is 0 Å². The van der Waals surface area contributed by atoms with Gasteiger partial charge in [-0.25, -0.2) is 0 Å². The summed E-state index contributed by atoms with van der Waals surface area (Å²) in [6.07, 6.45) is 6.38. The smallest absolute Gasteiger partial charge is 0.0536 e. The van der Waals surface area contributed by atoms with E-state index in [4.69, 9.17) is 0 Å². The van der Waals surface area contributed by atoms with E-state index >= 15 is 0 Å². The van der Waals surface area contributed by atoms with Crippen LogP contribution in [0, 0.1) is 5.92 Å². The summed E-state index contributed by atoms with van der Waals surface area (Å²) in [5.74, 6) is 0.753. The van der Waals surface area contributed by atoms with Crippen LogP contribution >= 0.6 is 0 Å². The van der Waals surface area contributed by atoms with E-state index in [-0.39, 0.29) is 0 Å². The van der Waals surface area contributed by atoms with Crippen molar-refractivity contribution in [1.29, 1.82) is 0 Å². The lowest BCUT2D eigenvalue weighted by atomic mass is 9.94. The van der Waals surface area contributed by atoms with Gasteiger partial charge in [0.2, 0.25) is 0 Å². The van der Waals surface area contributed by atoms with Crippen molar-refractivity contribution in [3.8, 4) is 0 Å². The van der Waals surface area contributed by atoms with Gasteiger partial charge in [0, 0.05) is 44.1 Å². The fraction of sp³-hybridized carbons (Fsp3) is 0.800. The van der Waals surface area contributed by atoms with Crippen LogP contribution in [0.1, 0.15) is 33.6 Å². The number of hydrogen-bond acceptors (Lipinski definition) is 3. The van der Waals surface area contributed by atoms with Crippen molar-refractivity contribution in [2.45, 2.75) is 52.2 Å². The lowest BCUT2D eigenvalue weighted by Crippen LogP contribution is -2.58. The average molecular weight is 264 g/mol. The number of hydrogen-bond donors (Lipinski definition) is 1. The standard InChI is InChI=1S/C15H28N4/c1-4-13(3)15-11-16-14(5-2)12-18(15)9-10-19-8-6-7-17-19/h6-8,13-16H,4-5,9-12H2,1-3H3. The largest absolute Gasteiger partial charge is 0.311 e. The van der Waals surface area contributed by atoms with E-state index in [0.29, 0.717) is 12.1 Å². The summed E-state index contributed by atoms with van der Waals surface area (Å²) in [7, 11) is 0. The Morgan fingerprint density at radius 1 is 1.37 bits per heavy atom. The van der Waals surface area contributed by atoms with Crippen LogP contribution < -0.4 is 5.32 Å².